The molecule has 0 unspecified atom stereocenters. The fourth-order valence-electron chi connectivity index (χ4n) is 2.02. The van der Waals surface area contributed by atoms with E-state index in [0.717, 1.165) is 11.1 Å². The van der Waals surface area contributed by atoms with Crippen molar-refractivity contribution in [1.82, 2.24) is 0 Å². The number of benzene rings is 2. The van der Waals surface area contributed by atoms with Crippen molar-refractivity contribution in [3.8, 4) is 11.1 Å². The van der Waals surface area contributed by atoms with Gasteiger partial charge in [0.2, 0.25) is 0 Å². The van der Waals surface area contributed by atoms with Crippen molar-refractivity contribution in [3.63, 3.8) is 0 Å². The molecule has 2 aromatic rings. The quantitative estimate of drug-likeness (QED) is 0.767. The molecule has 0 atom stereocenters. The Bertz CT molecular complexity index is 570. The largest absolute Gasteiger partial charge is 0.378 e. The molecule has 0 bridgehead atoms. The van der Waals surface area contributed by atoms with Gasteiger partial charge in [0.05, 0.1) is 0 Å². The van der Waals surface area contributed by atoms with E-state index in [-0.39, 0.29) is 5.78 Å². The van der Waals surface area contributed by atoms with Gasteiger partial charge in [-0.25, -0.2) is 0 Å². The highest BCUT2D eigenvalue weighted by atomic mass is 16.1. The molecule has 0 amide bonds. The van der Waals surface area contributed by atoms with Crippen LogP contribution in [-0.4, -0.2) is 19.9 Å². The molecule has 2 nitrogen and oxygen atoms in total. The van der Waals surface area contributed by atoms with Crippen LogP contribution in [0.5, 0.6) is 0 Å². The number of rotatable bonds is 4. The van der Waals surface area contributed by atoms with Gasteiger partial charge in [-0.3, -0.25) is 4.79 Å². The van der Waals surface area contributed by atoms with Crippen molar-refractivity contribution in [3.05, 3.63) is 54.1 Å². The molecule has 0 N–H and O–H groups in total. The molecule has 2 aromatic carbocycles. The van der Waals surface area contributed by atoms with Crippen molar-refractivity contribution in [1.29, 1.82) is 0 Å². The zero-order valence-electron chi connectivity index (χ0n) is 11.7. The zero-order valence-corrected chi connectivity index (χ0v) is 11.7. The van der Waals surface area contributed by atoms with Gasteiger partial charge in [-0.2, -0.15) is 0 Å². The van der Waals surface area contributed by atoms with Gasteiger partial charge >= 0.3 is 0 Å². The third kappa shape index (κ3) is 3.02. The molecular weight excluding hydrogens is 234 g/mol. The summed E-state index contributed by atoms with van der Waals surface area (Å²) in [5.74, 6) is 0.189. The normalized spacial score (nSPS) is 10.3. The third-order valence-electron chi connectivity index (χ3n) is 3.22. The van der Waals surface area contributed by atoms with Crippen LogP contribution in [0.4, 0.5) is 5.69 Å². The van der Waals surface area contributed by atoms with Gasteiger partial charge in [0.25, 0.3) is 0 Å². The summed E-state index contributed by atoms with van der Waals surface area (Å²) in [7, 11) is 4.06. The summed E-state index contributed by atoms with van der Waals surface area (Å²) in [6.45, 7) is 1.89. The predicted molar refractivity (Wildman–Crippen MR) is 80.8 cm³/mol. The van der Waals surface area contributed by atoms with Crippen LogP contribution in [-0.2, 0) is 0 Å². The number of carbonyl (C=O) groups is 1. The van der Waals surface area contributed by atoms with Gasteiger partial charge in [0.15, 0.2) is 5.78 Å². The summed E-state index contributed by atoms with van der Waals surface area (Å²) in [6.07, 6.45) is 0.551. The molecule has 0 spiro atoms. The van der Waals surface area contributed by atoms with Gasteiger partial charge in [0, 0.05) is 31.8 Å². The second kappa shape index (κ2) is 5.70. The fourth-order valence-corrected chi connectivity index (χ4v) is 2.02. The smallest absolute Gasteiger partial charge is 0.162 e. The number of Topliss-reactive ketones (excluding diaryl/α,β-unsaturated/α-hetero) is 1. The van der Waals surface area contributed by atoms with Crippen LogP contribution < -0.4 is 4.90 Å². The highest BCUT2D eigenvalue weighted by Crippen LogP contribution is 2.24. The van der Waals surface area contributed by atoms with Crippen molar-refractivity contribution in [2.75, 3.05) is 19.0 Å². The molecule has 0 saturated carbocycles. The molecule has 0 fully saturated rings. The Labute approximate surface area is 114 Å². The van der Waals surface area contributed by atoms with Crippen LogP contribution in [0.15, 0.2) is 48.5 Å². The average molecular weight is 253 g/mol. The molecule has 0 aromatic heterocycles. The summed E-state index contributed by atoms with van der Waals surface area (Å²) >= 11 is 0. The van der Waals surface area contributed by atoms with Crippen molar-refractivity contribution in [2.45, 2.75) is 13.3 Å². The monoisotopic (exact) mass is 253 g/mol. The first kappa shape index (κ1) is 13.3. The standard InChI is InChI=1S/C17H19NO/c1-4-17(19)14-10-8-13(9-11-14)15-6-5-7-16(12-15)18(2)3/h5-12H,4H2,1-3H3. The van der Waals surface area contributed by atoms with E-state index in [9.17, 15) is 4.79 Å². The van der Waals surface area contributed by atoms with Crippen LogP contribution in [0, 0.1) is 0 Å². The number of hydrogen-bond acceptors (Lipinski definition) is 2. The van der Waals surface area contributed by atoms with E-state index in [4.69, 9.17) is 0 Å². The summed E-state index contributed by atoms with van der Waals surface area (Å²) in [4.78, 5) is 13.7. The van der Waals surface area contributed by atoms with Crippen LogP contribution in [0.1, 0.15) is 23.7 Å². The van der Waals surface area contributed by atoms with Crippen LogP contribution in [0.25, 0.3) is 11.1 Å². The molecule has 2 heteroatoms. The van der Waals surface area contributed by atoms with E-state index in [1.165, 1.54) is 11.3 Å². The van der Waals surface area contributed by atoms with E-state index in [2.05, 4.69) is 29.2 Å². The van der Waals surface area contributed by atoms with Gasteiger partial charge in [-0.1, -0.05) is 43.3 Å². The van der Waals surface area contributed by atoms with Gasteiger partial charge in [0.1, 0.15) is 0 Å². The molecule has 0 aliphatic heterocycles. The molecule has 19 heavy (non-hydrogen) atoms. The number of hydrogen-bond donors (Lipinski definition) is 0. The van der Waals surface area contributed by atoms with Crippen LogP contribution in [0.2, 0.25) is 0 Å². The second-order valence-electron chi connectivity index (χ2n) is 4.80. The lowest BCUT2D eigenvalue weighted by molar-refractivity contribution is 0.0988. The molecule has 2 rings (SSSR count). The lowest BCUT2D eigenvalue weighted by Crippen LogP contribution is -2.08. The van der Waals surface area contributed by atoms with Gasteiger partial charge < -0.3 is 4.90 Å². The van der Waals surface area contributed by atoms with E-state index in [0.29, 0.717) is 6.42 Å². The second-order valence-corrected chi connectivity index (χ2v) is 4.80. The molecule has 0 radical (unpaired) electrons. The Balaban J connectivity index is 2.32. The maximum atomic E-state index is 11.6. The van der Waals surface area contributed by atoms with Crippen LogP contribution in [0.3, 0.4) is 0 Å². The Morgan fingerprint density at radius 1 is 1.00 bits per heavy atom. The van der Waals surface area contributed by atoms with Gasteiger partial charge in [-0.05, 0) is 23.3 Å². The Morgan fingerprint density at radius 3 is 2.26 bits per heavy atom. The predicted octanol–water partition coefficient (Wildman–Crippen LogP) is 4.01. The molecule has 0 aliphatic carbocycles. The van der Waals surface area contributed by atoms with Crippen molar-refractivity contribution < 1.29 is 4.79 Å². The molecule has 0 aliphatic rings. The third-order valence-corrected chi connectivity index (χ3v) is 3.22. The van der Waals surface area contributed by atoms with E-state index in [1.807, 2.05) is 45.3 Å². The Morgan fingerprint density at radius 2 is 1.68 bits per heavy atom. The average Bonchev–Trinajstić information content (AvgIpc) is 2.46. The number of ketones is 1. The summed E-state index contributed by atoms with van der Waals surface area (Å²) in [6, 6.07) is 16.2. The first-order valence-electron chi connectivity index (χ1n) is 6.53. The highest BCUT2D eigenvalue weighted by Gasteiger charge is 2.04. The maximum absolute atomic E-state index is 11.6. The molecular formula is C17H19NO. The lowest BCUT2D eigenvalue weighted by Gasteiger charge is -2.13. The summed E-state index contributed by atoms with van der Waals surface area (Å²) < 4.78 is 0. The van der Waals surface area contributed by atoms with E-state index in [1.54, 1.807) is 0 Å². The fraction of sp³-hybridized carbons (Fsp3) is 0.235. The molecule has 0 saturated heterocycles. The van der Waals surface area contributed by atoms with Gasteiger partial charge in [-0.15, -0.1) is 0 Å². The van der Waals surface area contributed by atoms with Crippen molar-refractivity contribution in [2.24, 2.45) is 0 Å². The molecule has 98 valence electrons. The minimum Gasteiger partial charge on any atom is -0.378 e. The lowest BCUT2D eigenvalue weighted by atomic mass is 10.0. The minimum absolute atomic E-state index is 0.189. The number of anilines is 1. The van der Waals surface area contributed by atoms with E-state index < -0.39 is 0 Å². The van der Waals surface area contributed by atoms with Crippen LogP contribution >= 0.6 is 0 Å². The highest BCUT2D eigenvalue weighted by molar-refractivity contribution is 5.96. The number of carbonyl (C=O) groups excluding carboxylic acids is 1. The van der Waals surface area contributed by atoms with Crippen molar-refractivity contribution >= 4 is 11.5 Å². The minimum atomic E-state index is 0.189. The Kier molecular flexibility index (Phi) is 4.00. The summed E-state index contributed by atoms with van der Waals surface area (Å²) in [5, 5.41) is 0. The van der Waals surface area contributed by atoms with E-state index >= 15 is 0 Å². The first-order chi connectivity index (χ1) is 9.11. The zero-order chi connectivity index (χ0) is 13.8. The molecule has 0 heterocycles. The maximum Gasteiger partial charge on any atom is 0.162 e. The summed E-state index contributed by atoms with van der Waals surface area (Å²) in [5.41, 5.74) is 4.26. The SMILES string of the molecule is CCC(=O)c1ccc(-c2cccc(N(C)C)c2)cc1. The number of nitrogens with zero attached hydrogens (tertiary/aromatic N) is 1. The topological polar surface area (TPSA) is 20.3 Å². The first-order valence-corrected chi connectivity index (χ1v) is 6.53. The Hall–Kier alpha value is -2.09.